The summed E-state index contributed by atoms with van der Waals surface area (Å²) < 4.78 is 74.2. The van der Waals surface area contributed by atoms with E-state index in [0.717, 1.165) is 0 Å². The number of halogens is 3. The van der Waals surface area contributed by atoms with E-state index in [2.05, 4.69) is 20.5 Å². The number of benzene rings is 3. The minimum absolute atomic E-state index is 0.0309. The third-order valence-electron chi connectivity index (χ3n) is 5.93. The largest absolute Gasteiger partial charge is 0.497 e. The molecule has 0 unspecified atom stereocenters. The van der Waals surface area contributed by atoms with Gasteiger partial charge in [0.2, 0.25) is 10.0 Å². The van der Waals surface area contributed by atoms with E-state index in [1.165, 1.54) is 24.1 Å². The first-order valence-corrected chi connectivity index (χ1v) is 12.6. The van der Waals surface area contributed by atoms with Gasteiger partial charge >= 0.3 is 6.18 Å². The molecule has 0 radical (unpaired) electrons. The van der Waals surface area contributed by atoms with Crippen molar-refractivity contribution in [3.05, 3.63) is 84.1 Å². The topological polar surface area (TPSA) is 126 Å². The number of alkyl halides is 3. The van der Waals surface area contributed by atoms with Gasteiger partial charge in [0.15, 0.2) is 5.82 Å². The number of para-hydroxylation sites is 1. The number of nitrogens with zero attached hydrogens (tertiary/aromatic N) is 5. The number of fused-ring (bicyclic) bond motifs is 1. The second kappa shape index (κ2) is 9.50. The minimum Gasteiger partial charge on any atom is -0.497 e. The van der Waals surface area contributed by atoms with Gasteiger partial charge in [-0.05, 0) is 57.4 Å². The van der Waals surface area contributed by atoms with E-state index >= 15 is 0 Å². The number of methoxy groups -OCH3 is 1. The van der Waals surface area contributed by atoms with Crippen LogP contribution in [-0.4, -0.2) is 40.7 Å². The molecular weight excluding hydrogens is 521 g/mol. The summed E-state index contributed by atoms with van der Waals surface area (Å²) >= 11 is 0. The highest BCUT2D eigenvalue weighted by Crippen LogP contribution is 2.44. The highest BCUT2D eigenvalue weighted by atomic mass is 32.2. The summed E-state index contributed by atoms with van der Waals surface area (Å²) in [6.07, 6.45) is -3.54. The van der Waals surface area contributed by atoms with Crippen molar-refractivity contribution in [1.82, 2.24) is 25.2 Å². The molecule has 13 heteroatoms. The lowest BCUT2D eigenvalue weighted by Gasteiger charge is -2.19. The van der Waals surface area contributed by atoms with Gasteiger partial charge < -0.3 is 4.74 Å². The average molecular weight is 541 g/mol. The van der Waals surface area contributed by atoms with Crippen LogP contribution in [0.3, 0.4) is 0 Å². The molecule has 3 aromatic carbocycles. The Labute approximate surface area is 214 Å². The molecule has 0 saturated heterocycles. The number of tetrazole rings is 1. The van der Waals surface area contributed by atoms with E-state index in [9.17, 15) is 21.6 Å². The number of nitrogens with two attached hydrogens (primary N) is 1. The highest BCUT2D eigenvalue weighted by Gasteiger charge is 2.40. The molecule has 9 nitrogen and oxygen atoms in total. The molecule has 0 aliphatic carbocycles. The monoisotopic (exact) mass is 540 g/mol. The molecule has 0 saturated carbocycles. The summed E-state index contributed by atoms with van der Waals surface area (Å²) in [6.45, 7) is 0.0309. The van der Waals surface area contributed by atoms with E-state index in [-0.39, 0.29) is 23.5 Å². The number of aromatic nitrogens is 5. The molecule has 0 atom stereocenters. The van der Waals surface area contributed by atoms with Crippen LogP contribution in [0.4, 0.5) is 13.2 Å². The molecule has 5 aromatic rings. The number of sulfonamides is 1. The Bertz CT molecular complexity index is 1750. The van der Waals surface area contributed by atoms with Gasteiger partial charge in [-0.3, -0.25) is 4.98 Å². The van der Waals surface area contributed by atoms with Gasteiger partial charge in [0.25, 0.3) is 0 Å². The maximum absolute atomic E-state index is 14.1. The number of ether oxygens (including phenoxy) is 1. The number of hydrogen-bond donors (Lipinski definition) is 1. The lowest BCUT2D eigenvalue weighted by atomic mass is 9.94. The van der Waals surface area contributed by atoms with Gasteiger partial charge in [-0.15, -0.1) is 5.10 Å². The zero-order valence-electron chi connectivity index (χ0n) is 19.7. The summed E-state index contributed by atoms with van der Waals surface area (Å²) in [5.41, 5.74) is 0.0492. The van der Waals surface area contributed by atoms with Gasteiger partial charge in [-0.1, -0.05) is 36.4 Å². The third-order valence-corrected chi connectivity index (χ3v) is 6.93. The summed E-state index contributed by atoms with van der Waals surface area (Å²) in [4.78, 5) is 3.18. The first kappa shape index (κ1) is 25.3. The Kier molecular flexibility index (Phi) is 6.33. The molecule has 0 amide bonds. The highest BCUT2D eigenvalue weighted by molar-refractivity contribution is 7.89. The molecule has 0 fully saturated rings. The van der Waals surface area contributed by atoms with E-state index in [1.807, 2.05) is 0 Å². The molecule has 5 rings (SSSR count). The van der Waals surface area contributed by atoms with Crippen LogP contribution in [0.1, 0.15) is 11.1 Å². The lowest BCUT2D eigenvalue weighted by Crippen LogP contribution is -2.21. The Morgan fingerprint density at radius 3 is 2.39 bits per heavy atom. The average Bonchev–Trinajstić information content (AvgIpc) is 3.34. The fourth-order valence-corrected chi connectivity index (χ4v) is 5.25. The van der Waals surface area contributed by atoms with Crippen LogP contribution >= 0.6 is 0 Å². The molecule has 38 heavy (non-hydrogen) atoms. The summed E-state index contributed by atoms with van der Waals surface area (Å²) in [6, 6.07) is 17.3. The van der Waals surface area contributed by atoms with E-state index in [4.69, 9.17) is 9.88 Å². The van der Waals surface area contributed by atoms with Crippen LogP contribution < -0.4 is 9.88 Å². The van der Waals surface area contributed by atoms with Crippen LogP contribution in [0.5, 0.6) is 5.75 Å². The third kappa shape index (κ3) is 4.68. The summed E-state index contributed by atoms with van der Waals surface area (Å²) in [5, 5.41) is 17.6. The van der Waals surface area contributed by atoms with Gasteiger partial charge in [-0.25, -0.2) is 18.2 Å². The van der Waals surface area contributed by atoms with Crippen LogP contribution in [-0.2, 0) is 22.7 Å². The number of rotatable bonds is 6. The second-order valence-electron chi connectivity index (χ2n) is 8.29. The van der Waals surface area contributed by atoms with Crippen molar-refractivity contribution >= 4 is 20.9 Å². The minimum atomic E-state index is -5.02. The molecule has 0 aliphatic heterocycles. The molecule has 0 bridgehead atoms. The van der Waals surface area contributed by atoms with Gasteiger partial charge in [0.05, 0.1) is 24.7 Å². The van der Waals surface area contributed by atoms with Gasteiger partial charge in [0, 0.05) is 17.1 Å². The second-order valence-corrected chi connectivity index (χ2v) is 9.79. The normalized spacial score (nSPS) is 12.1. The van der Waals surface area contributed by atoms with Crippen LogP contribution in [0, 0.1) is 0 Å². The predicted octanol–water partition coefficient (Wildman–Crippen LogP) is 4.28. The summed E-state index contributed by atoms with van der Waals surface area (Å²) in [7, 11) is -3.40. The van der Waals surface area contributed by atoms with Crippen molar-refractivity contribution < 1.29 is 26.3 Å². The van der Waals surface area contributed by atoms with Crippen molar-refractivity contribution in [2.45, 2.75) is 17.6 Å². The van der Waals surface area contributed by atoms with E-state index in [1.54, 1.807) is 54.6 Å². The van der Waals surface area contributed by atoms with E-state index in [0.29, 0.717) is 33.8 Å². The first-order chi connectivity index (χ1) is 18.1. The van der Waals surface area contributed by atoms with Crippen molar-refractivity contribution in [2.24, 2.45) is 5.14 Å². The maximum Gasteiger partial charge on any atom is 0.417 e. The maximum atomic E-state index is 14.1. The quantitative estimate of drug-likeness (QED) is 0.341. The van der Waals surface area contributed by atoms with Crippen molar-refractivity contribution in [3.8, 4) is 28.3 Å². The molecule has 0 aliphatic rings. The molecule has 194 valence electrons. The first-order valence-electron chi connectivity index (χ1n) is 11.1. The molecule has 2 aromatic heterocycles. The van der Waals surface area contributed by atoms with E-state index < -0.39 is 26.7 Å². The SMILES string of the molecule is COc1ccc(Cn2nnnc2-c2c(-c3ccnc4ccccc34)ccc(C(F)(F)F)c2S(N)(=O)=O)cc1. The Morgan fingerprint density at radius 2 is 1.71 bits per heavy atom. The molecule has 0 spiro atoms. The van der Waals surface area contributed by atoms with Crippen LogP contribution in [0.15, 0.2) is 77.8 Å². The Hall–Kier alpha value is -4.36. The van der Waals surface area contributed by atoms with Crippen molar-refractivity contribution in [2.75, 3.05) is 7.11 Å². The molecule has 2 heterocycles. The van der Waals surface area contributed by atoms with Crippen LogP contribution in [0.25, 0.3) is 33.4 Å². The smallest absolute Gasteiger partial charge is 0.417 e. The number of hydrogen-bond acceptors (Lipinski definition) is 7. The number of pyridine rings is 1. The lowest BCUT2D eigenvalue weighted by molar-refractivity contribution is -0.139. The fourth-order valence-electron chi connectivity index (χ4n) is 4.27. The van der Waals surface area contributed by atoms with Crippen molar-refractivity contribution in [1.29, 1.82) is 0 Å². The fraction of sp³-hybridized carbons (Fsp3) is 0.120. The number of primary sulfonamides is 1. The Morgan fingerprint density at radius 1 is 0.974 bits per heavy atom. The van der Waals surface area contributed by atoms with Gasteiger partial charge in [-0.2, -0.15) is 13.2 Å². The predicted molar refractivity (Wildman–Crippen MR) is 132 cm³/mol. The molecular formula is C25H19F3N6O3S. The standard InChI is InChI=1S/C25H19F3N6O3S/c1-37-16-8-6-15(7-9-16)14-34-24(31-32-33-34)22-19(17-12-13-30-21-5-3-2-4-18(17)21)10-11-20(25(26,27)28)23(22)38(29,35)36/h2-13H,14H2,1H3,(H2,29,35,36). The zero-order chi connectivity index (χ0) is 27.1. The molecule has 2 N–H and O–H groups in total. The van der Waals surface area contributed by atoms with Crippen LogP contribution in [0.2, 0.25) is 0 Å². The van der Waals surface area contributed by atoms with Crippen molar-refractivity contribution in [3.63, 3.8) is 0 Å². The zero-order valence-corrected chi connectivity index (χ0v) is 20.5. The van der Waals surface area contributed by atoms with Gasteiger partial charge in [0.1, 0.15) is 10.6 Å². The Balaban J connectivity index is 1.83. The summed E-state index contributed by atoms with van der Waals surface area (Å²) in [5.74, 6) is 0.402.